The van der Waals surface area contributed by atoms with Crippen LogP contribution < -0.4 is 5.84 Å². The molecule has 1 aromatic rings. The molecule has 0 spiro atoms. The van der Waals surface area contributed by atoms with Gasteiger partial charge < -0.3 is 5.01 Å². The smallest absolute Gasteiger partial charge is 0.129 e. The van der Waals surface area contributed by atoms with Gasteiger partial charge in [0.25, 0.3) is 0 Å². The van der Waals surface area contributed by atoms with Crippen molar-refractivity contribution >= 4 is 6.34 Å². The van der Waals surface area contributed by atoms with Crippen molar-refractivity contribution in [3.05, 3.63) is 35.4 Å². The molecule has 0 bridgehead atoms. The number of halogens is 2. The van der Waals surface area contributed by atoms with Crippen LogP contribution in [0.3, 0.4) is 0 Å². The number of hydrogen-bond donors (Lipinski definition) is 2. The molecule has 88 valence electrons. The minimum atomic E-state index is -0.590. The fourth-order valence-electron chi connectivity index (χ4n) is 1.59. The average molecular weight is 227 g/mol. The van der Waals surface area contributed by atoms with Gasteiger partial charge in [-0.3, -0.25) is 5.41 Å². The standard InChI is InChI=1S/C11H15F2N3/c1-2-8(6-16(15)7-14)10-4-3-9(12)5-11(10)13/h3-5,7-8,14H,2,6,15H2,1H3. The van der Waals surface area contributed by atoms with Crippen LogP contribution in [-0.4, -0.2) is 17.9 Å². The Labute approximate surface area is 93.3 Å². The molecule has 0 saturated heterocycles. The summed E-state index contributed by atoms with van der Waals surface area (Å²) >= 11 is 0. The van der Waals surface area contributed by atoms with E-state index in [2.05, 4.69) is 0 Å². The molecule has 3 nitrogen and oxygen atoms in total. The molecular formula is C11H15F2N3. The minimum absolute atomic E-state index is 0.146. The van der Waals surface area contributed by atoms with Gasteiger partial charge in [0.15, 0.2) is 0 Å². The van der Waals surface area contributed by atoms with Crippen LogP contribution in [0.1, 0.15) is 24.8 Å². The van der Waals surface area contributed by atoms with Gasteiger partial charge in [0.2, 0.25) is 0 Å². The summed E-state index contributed by atoms with van der Waals surface area (Å²) in [4.78, 5) is 0. The molecule has 0 aliphatic rings. The van der Waals surface area contributed by atoms with Crippen LogP contribution >= 0.6 is 0 Å². The molecule has 1 rings (SSSR count). The van der Waals surface area contributed by atoms with Crippen molar-refractivity contribution in [1.82, 2.24) is 5.01 Å². The zero-order valence-electron chi connectivity index (χ0n) is 9.08. The second-order valence-corrected chi connectivity index (χ2v) is 3.60. The maximum absolute atomic E-state index is 13.5. The number of nitrogens with two attached hydrogens (primary N) is 1. The van der Waals surface area contributed by atoms with E-state index in [0.717, 1.165) is 12.4 Å². The minimum Gasteiger partial charge on any atom is -0.301 e. The Morgan fingerprint density at radius 3 is 2.69 bits per heavy atom. The third-order valence-electron chi connectivity index (χ3n) is 2.49. The molecule has 1 unspecified atom stereocenters. The van der Waals surface area contributed by atoms with Crippen LogP contribution in [-0.2, 0) is 0 Å². The zero-order valence-corrected chi connectivity index (χ0v) is 9.08. The Bertz CT molecular complexity index is 368. The lowest BCUT2D eigenvalue weighted by Gasteiger charge is -2.21. The van der Waals surface area contributed by atoms with Crippen LogP contribution in [0.25, 0.3) is 0 Å². The Morgan fingerprint density at radius 2 is 2.19 bits per heavy atom. The first-order valence-electron chi connectivity index (χ1n) is 5.05. The van der Waals surface area contributed by atoms with Gasteiger partial charge in [-0.05, 0) is 18.1 Å². The highest BCUT2D eigenvalue weighted by molar-refractivity contribution is 5.49. The zero-order chi connectivity index (χ0) is 12.1. The van der Waals surface area contributed by atoms with E-state index < -0.39 is 11.6 Å². The molecule has 1 atom stereocenters. The Balaban J connectivity index is 2.90. The highest BCUT2D eigenvalue weighted by atomic mass is 19.1. The number of rotatable bonds is 5. The van der Waals surface area contributed by atoms with E-state index in [0.29, 0.717) is 18.5 Å². The lowest BCUT2D eigenvalue weighted by atomic mass is 9.96. The highest BCUT2D eigenvalue weighted by Gasteiger charge is 2.16. The van der Waals surface area contributed by atoms with E-state index in [1.165, 1.54) is 17.1 Å². The van der Waals surface area contributed by atoms with Crippen molar-refractivity contribution in [3.63, 3.8) is 0 Å². The summed E-state index contributed by atoms with van der Waals surface area (Å²) in [5.41, 5.74) is 0.432. The summed E-state index contributed by atoms with van der Waals surface area (Å²) in [5.74, 6) is 4.16. The van der Waals surface area contributed by atoms with E-state index >= 15 is 0 Å². The van der Waals surface area contributed by atoms with Gasteiger partial charge in [-0.2, -0.15) is 0 Å². The maximum atomic E-state index is 13.5. The van der Waals surface area contributed by atoms with E-state index in [-0.39, 0.29) is 5.92 Å². The molecule has 0 fully saturated rings. The monoisotopic (exact) mass is 227 g/mol. The second-order valence-electron chi connectivity index (χ2n) is 3.60. The molecule has 0 radical (unpaired) electrons. The van der Waals surface area contributed by atoms with Gasteiger partial charge in [-0.1, -0.05) is 13.0 Å². The van der Waals surface area contributed by atoms with Gasteiger partial charge in [0.05, 0.1) is 6.34 Å². The molecule has 0 saturated carbocycles. The first-order valence-corrected chi connectivity index (χ1v) is 5.05. The van der Waals surface area contributed by atoms with Crippen molar-refractivity contribution in [2.75, 3.05) is 6.54 Å². The van der Waals surface area contributed by atoms with Gasteiger partial charge >= 0.3 is 0 Å². The molecule has 0 amide bonds. The van der Waals surface area contributed by atoms with Crippen molar-refractivity contribution in [2.45, 2.75) is 19.3 Å². The Kier molecular flexibility index (Phi) is 4.37. The van der Waals surface area contributed by atoms with Gasteiger partial charge in [0, 0.05) is 18.5 Å². The van der Waals surface area contributed by atoms with Crippen LogP contribution in [0, 0.1) is 17.0 Å². The molecule has 0 aliphatic heterocycles. The molecule has 3 N–H and O–H groups in total. The van der Waals surface area contributed by atoms with Gasteiger partial charge in [-0.15, -0.1) is 0 Å². The predicted octanol–water partition coefficient (Wildman–Crippen LogP) is 2.24. The van der Waals surface area contributed by atoms with Gasteiger partial charge in [0.1, 0.15) is 11.6 Å². The summed E-state index contributed by atoms with van der Waals surface area (Å²) in [7, 11) is 0. The number of hydrazine groups is 1. The van der Waals surface area contributed by atoms with Gasteiger partial charge in [-0.25, -0.2) is 14.6 Å². The summed E-state index contributed by atoms with van der Waals surface area (Å²) < 4.78 is 26.2. The van der Waals surface area contributed by atoms with E-state index in [9.17, 15) is 8.78 Å². The SMILES string of the molecule is CCC(CN(N)C=N)c1ccc(F)cc1F. The third kappa shape index (κ3) is 3.00. The van der Waals surface area contributed by atoms with Crippen molar-refractivity contribution in [1.29, 1.82) is 5.41 Å². The molecular weight excluding hydrogens is 212 g/mol. The van der Waals surface area contributed by atoms with Crippen LogP contribution in [0.5, 0.6) is 0 Å². The summed E-state index contributed by atoms with van der Waals surface area (Å²) in [6.07, 6.45) is 1.65. The number of hydrogen-bond acceptors (Lipinski definition) is 2. The molecule has 0 heterocycles. The largest absolute Gasteiger partial charge is 0.301 e. The molecule has 0 aromatic heterocycles. The van der Waals surface area contributed by atoms with E-state index in [1.54, 1.807) is 0 Å². The van der Waals surface area contributed by atoms with Crippen molar-refractivity contribution in [2.24, 2.45) is 5.84 Å². The summed E-state index contributed by atoms with van der Waals surface area (Å²) in [6.45, 7) is 2.23. The van der Waals surface area contributed by atoms with E-state index in [1.807, 2.05) is 6.92 Å². The second kappa shape index (κ2) is 5.55. The Hall–Kier alpha value is -1.49. The van der Waals surface area contributed by atoms with Crippen molar-refractivity contribution < 1.29 is 8.78 Å². The van der Waals surface area contributed by atoms with Crippen LogP contribution in [0.15, 0.2) is 18.2 Å². The number of benzene rings is 1. The molecule has 0 aliphatic carbocycles. The summed E-state index contributed by atoms with van der Waals surface area (Å²) in [5, 5.41) is 8.13. The normalized spacial score (nSPS) is 12.2. The van der Waals surface area contributed by atoms with Crippen molar-refractivity contribution in [3.8, 4) is 0 Å². The number of nitrogens with one attached hydrogen (secondary N) is 1. The fourth-order valence-corrected chi connectivity index (χ4v) is 1.59. The quantitative estimate of drug-likeness (QED) is 0.351. The van der Waals surface area contributed by atoms with Crippen LogP contribution in [0.4, 0.5) is 8.78 Å². The first-order chi connectivity index (χ1) is 7.58. The lowest BCUT2D eigenvalue weighted by Crippen LogP contribution is -2.33. The Morgan fingerprint density at radius 1 is 1.50 bits per heavy atom. The van der Waals surface area contributed by atoms with Crippen LogP contribution in [0.2, 0.25) is 0 Å². The maximum Gasteiger partial charge on any atom is 0.129 e. The topological polar surface area (TPSA) is 53.1 Å². The highest BCUT2D eigenvalue weighted by Crippen LogP contribution is 2.23. The summed E-state index contributed by atoms with van der Waals surface area (Å²) in [6, 6.07) is 3.52. The van der Waals surface area contributed by atoms with E-state index in [4.69, 9.17) is 11.3 Å². The predicted molar refractivity (Wildman–Crippen MR) is 59.1 cm³/mol. The lowest BCUT2D eigenvalue weighted by molar-refractivity contribution is 0.394. The average Bonchev–Trinajstić information content (AvgIpc) is 2.26. The molecule has 5 heteroatoms. The number of nitrogens with zero attached hydrogens (tertiary/aromatic N) is 1. The third-order valence-corrected chi connectivity index (χ3v) is 2.49. The molecule has 16 heavy (non-hydrogen) atoms. The fraction of sp³-hybridized carbons (Fsp3) is 0.364. The first kappa shape index (κ1) is 12.6. The molecule has 1 aromatic carbocycles.